The van der Waals surface area contributed by atoms with Gasteiger partial charge in [0.1, 0.15) is 5.75 Å². The molecule has 0 fully saturated rings. The third-order valence-corrected chi connectivity index (χ3v) is 4.08. The molecule has 0 amide bonds. The Morgan fingerprint density at radius 3 is 2.71 bits per heavy atom. The monoisotopic (exact) mass is 303 g/mol. The molecule has 108 valence electrons. The third-order valence-electron chi connectivity index (χ3n) is 3.80. The molecule has 0 saturated heterocycles. The van der Waals surface area contributed by atoms with Crippen LogP contribution in [-0.2, 0) is 11.2 Å². The lowest BCUT2D eigenvalue weighted by Crippen LogP contribution is -2.08. The highest BCUT2D eigenvalue weighted by Crippen LogP contribution is 2.37. The lowest BCUT2D eigenvalue weighted by atomic mass is 10.0. The number of pyridine rings is 1. The number of rotatable bonds is 3. The Morgan fingerprint density at radius 1 is 1.38 bits per heavy atom. The average molecular weight is 304 g/mol. The number of carbonyl (C=O) groups is 1. The van der Waals surface area contributed by atoms with Crippen LogP contribution < -0.4 is 4.74 Å². The quantitative estimate of drug-likeness (QED) is 0.942. The number of carboxylic acids is 1. The van der Waals surface area contributed by atoms with Gasteiger partial charge in [-0.3, -0.25) is 9.78 Å². The van der Waals surface area contributed by atoms with Crippen LogP contribution in [0.4, 0.5) is 0 Å². The number of fused-ring (bicyclic) bond motifs is 1. The minimum absolute atomic E-state index is 0.479. The fourth-order valence-electron chi connectivity index (χ4n) is 2.69. The standard InChI is InChI=1S/C16H14ClNO3/c1-21-10-4-2-9(3-5-10)15-13(17)8-12-11(16(19)20)6-7-14(12)18-15/h2-5,8,11H,6-7H2,1H3,(H,19,20). The van der Waals surface area contributed by atoms with Crippen LogP contribution in [0.1, 0.15) is 23.6 Å². The molecule has 1 aliphatic carbocycles. The van der Waals surface area contributed by atoms with Crippen molar-refractivity contribution in [1.82, 2.24) is 4.98 Å². The molecule has 0 spiro atoms. The molecule has 3 rings (SSSR count). The predicted octanol–water partition coefficient (Wildman–Crippen LogP) is 3.53. The lowest BCUT2D eigenvalue weighted by Gasteiger charge is -2.10. The van der Waals surface area contributed by atoms with Gasteiger partial charge in [-0.1, -0.05) is 11.6 Å². The maximum Gasteiger partial charge on any atom is 0.311 e. The number of methoxy groups -OCH3 is 1. The molecule has 0 bridgehead atoms. The van der Waals surface area contributed by atoms with Crippen molar-refractivity contribution in [2.45, 2.75) is 18.8 Å². The minimum atomic E-state index is -0.816. The zero-order valence-electron chi connectivity index (χ0n) is 11.5. The molecule has 1 aromatic heterocycles. The van der Waals surface area contributed by atoms with Crippen molar-refractivity contribution in [3.8, 4) is 17.0 Å². The fourth-order valence-corrected chi connectivity index (χ4v) is 2.96. The van der Waals surface area contributed by atoms with E-state index in [1.165, 1.54) is 0 Å². The maximum atomic E-state index is 11.2. The van der Waals surface area contributed by atoms with E-state index in [0.717, 1.165) is 22.6 Å². The van der Waals surface area contributed by atoms with Crippen LogP contribution in [0.2, 0.25) is 5.02 Å². The van der Waals surface area contributed by atoms with Gasteiger partial charge in [-0.15, -0.1) is 0 Å². The average Bonchev–Trinajstić information content (AvgIpc) is 2.89. The van der Waals surface area contributed by atoms with Crippen LogP contribution in [0.15, 0.2) is 30.3 Å². The van der Waals surface area contributed by atoms with Gasteiger partial charge >= 0.3 is 5.97 Å². The summed E-state index contributed by atoms with van der Waals surface area (Å²) in [5, 5.41) is 9.69. The molecule has 1 atom stereocenters. The van der Waals surface area contributed by atoms with Gasteiger partial charge in [0.2, 0.25) is 0 Å². The highest BCUT2D eigenvalue weighted by molar-refractivity contribution is 6.33. The molecular weight excluding hydrogens is 290 g/mol. The predicted molar refractivity (Wildman–Crippen MR) is 79.9 cm³/mol. The molecule has 0 saturated carbocycles. The Labute approximate surface area is 127 Å². The summed E-state index contributed by atoms with van der Waals surface area (Å²) in [6.07, 6.45) is 1.26. The molecule has 1 unspecified atom stereocenters. The van der Waals surface area contributed by atoms with Crippen LogP contribution in [0.3, 0.4) is 0 Å². The summed E-state index contributed by atoms with van der Waals surface area (Å²) in [7, 11) is 1.61. The van der Waals surface area contributed by atoms with Crippen molar-refractivity contribution in [1.29, 1.82) is 0 Å². The number of hydrogen-bond donors (Lipinski definition) is 1. The number of nitrogens with zero attached hydrogens (tertiary/aromatic N) is 1. The number of carboxylic acid groups (broad SMARTS) is 1. The summed E-state index contributed by atoms with van der Waals surface area (Å²) in [4.78, 5) is 15.8. The number of aryl methyl sites for hydroxylation is 1. The molecule has 1 aromatic carbocycles. The van der Waals surface area contributed by atoms with E-state index in [2.05, 4.69) is 4.98 Å². The van der Waals surface area contributed by atoms with Gasteiger partial charge < -0.3 is 9.84 Å². The van der Waals surface area contributed by atoms with Crippen molar-refractivity contribution in [3.05, 3.63) is 46.6 Å². The first kappa shape index (κ1) is 13.9. The lowest BCUT2D eigenvalue weighted by molar-refractivity contribution is -0.138. The smallest absolute Gasteiger partial charge is 0.311 e. The van der Waals surface area contributed by atoms with Gasteiger partial charge in [0.15, 0.2) is 0 Å². The van der Waals surface area contributed by atoms with Gasteiger partial charge in [0, 0.05) is 11.3 Å². The number of aliphatic carboxylic acids is 1. The molecule has 0 aliphatic heterocycles. The largest absolute Gasteiger partial charge is 0.497 e. The third kappa shape index (κ3) is 2.47. The van der Waals surface area contributed by atoms with E-state index in [1.54, 1.807) is 13.2 Å². The van der Waals surface area contributed by atoms with Crippen LogP contribution in [0.25, 0.3) is 11.3 Å². The van der Waals surface area contributed by atoms with Crippen molar-refractivity contribution in [3.63, 3.8) is 0 Å². The van der Waals surface area contributed by atoms with Crippen LogP contribution in [0.5, 0.6) is 5.75 Å². The Hall–Kier alpha value is -2.07. The number of benzene rings is 1. The molecule has 5 heteroatoms. The van der Waals surface area contributed by atoms with E-state index >= 15 is 0 Å². The molecule has 1 aliphatic rings. The Balaban J connectivity index is 2.03. The first-order valence-corrected chi connectivity index (χ1v) is 7.04. The maximum absolute atomic E-state index is 11.2. The zero-order valence-corrected chi connectivity index (χ0v) is 12.2. The normalized spacial score (nSPS) is 16.6. The molecule has 1 heterocycles. The van der Waals surface area contributed by atoms with Gasteiger partial charge in [-0.2, -0.15) is 0 Å². The van der Waals surface area contributed by atoms with Crippen LogP contribution in [0, 0.1) is 0 Å². The van der Waals surface area contributed by atoms with E-state index in [9.17, 15) is 9.90 Å². The van der Waals surface area contributed by atoms with Crippen LogP contribution >= 0.6 is 11.6 Å². The first-order valence-electron chi connectivity index (χ1n) is 6.66. The highest BCUT2D eigenvalue weighted by atomic mass is 35.5. The Morgan fingerprint density at radius 2 is 2.10 bits per heavy atom. The topological polar surface area (TPSA) is 59.4 Å². The van der Waals surface area contributed by atoms with E-state index in [1.807, 2.05) is 24.3 Å². The zero-order chi connectivity index (χ0) is 15.0. The summed E-state index contributed by atoms with van der Waals surface area (Å²) in [6, 6.07) is 9.22. The highest BCUT2D eigenvalue weighted by Gasteiger charge is 2.30. The number of halogens is 1. The van der Waals surface area contributed by atoms with E-state index < -0.39 is 11.9 Å². The van der Waals surface area contributed by atoms with E-state index in [4.69, 9.17) is 16.3 Å². The summed E-state index contributed by atoms with van der Waals surface area (Å²) in [5.41, 5.74) is 3.15. The second kappa shape index (κ2) is 5.37. The van der Waals surface area contributed by atoms with Gasteiger partial charge in [0.05, 0.1) is 23.7 Å². The van der Waals surface area contributed by atoms with Crippen molar-refractivity contribution in [2.24, 2.45) is 0 Å². The van der Waals surface area contributed by atoms with E-state index in [0.29, 0.717) is 23.6 Å². The number of hydrogen-bond acceptors (Lipinski definition) is 3. The van der Waals surface area contributed by atoms with Crippen molar-refractivity contribution < 1.29 is 14.6 Å². The number of ether oxygens (including phenoxy) is 1. The summed E-state index contributed by atoms with van der Waals surface area (Å²) >= 11 is 6.30. The Kier molecular flexibility index (Phi) is 3.55. The van der Waals surface area contributed by atoms with E-state index in [-0.39, 0.29) is 0 Å². The second-order valence-electron chi connectivity index (χ2n) is 5.01. The van der Waals surface area contributed by atoms with Gasteiger partial charge in [-0.25, -0.2) is 0 Å². The van der Waals surface area contributed by atoms with Gasteiger partial charge in [0.25, 0.3) is 0 Å². The van der Waals surface area contributed by atoms with Crippen molar-refractivity contribution in [2.75, 3.05) is 7.11 Å². The SMILES string of the molecule is COc1ccc(-c2nc3c(cc2Cl)C(C(=O)O)CC3)cc1. The summed E-state index contributed by atoms with van der Waals surface area (Å²) in [5.74, 6) is -0.541. The molecular formula is C16H14ClNO3. The molecule has 2 aromatic rings. The number of aromatic nitrogens is 1. The molecule has 21 heavy (non-hydrogen) atoms. The molecule has 1 N–H and O–H groups in total. The molecule has 0 radical (unpaired) electrons. The second-order valence-corrected chi connectivity index (χ2v) is 5.42. The Bertz CT molecular complexity index is 697. The fraction of sp³-hybridized carbons (Fsp3) is 0.250. The summed E-state index contributed by atoms with van der Waals surface area (Å²) in [6.45, 7) is 0. The molecule has 4 nitrogen and oxygen atoms in total. The minimum Gasteiger partial charge on any atom is -0.497 e. The van der Waals surface area contributed by atoms with Crippen molar-refractivity contribution >= 4 is 17.6 Å². The summed E-state index contributed by atoms with van der Waals surface area (Å²) < 4.78 is 5.13. The van der Waals surface area contributed by atoms with Crippen LogP contribution in [-0.4, -0.2) is 23.2 Å². The first-order chi connectivity index (χ1) is 10.1. The van der Waals surface area contributed by atoms with Gasteiger partial charge in [-0.05, 0) is 48.7 Å².